The molecule has 0 spiro atoms. The van der Waals surface area contributed by atoms with E-state index in [2.05, 4.69) is 10.1 Å². The number of methoxy groups -OCH3 is 1. The maximum atomic E-state index is 13.9. The highest BCUT2D eigenvalue weighted by Crippen LogP contribution is 2.28. The molecule has 172 valence electrons. The molecule has 32 heavy (non-hydrogen) atoms. The highest BCUT2D eigenvalue weighted by Gasteiger charge is 2.36. The molecule has 2 fully saturated rings. The summed E-state index contributed by atoms with van der Waals surface area (Å²) in [5, 5.41) is 4.01. The first-order chi connectivity index (χ1) is 15.5. The lowest BCUT2D eigenvalue weighted by atomic mass is 9.98. The number of carbonyl (C=O) groups excluding carboxylic acids is 2. The Morgan fingerprint density at radius 3 is 2.72 bits per heavy atom. The zero-order chi connectivity index (χ0) is 22.7. The van der Waals surface area contributed by atoms with Gasteiger partial charge in [-0.15, -0.1) is 0 Å². The Morgan fingerprint density at radius 1 is 1.28 bits per heavy atom. The van der Waals surface area contributed by atoms with Crippen LogP contribution in [0, 0.1) is 11.7 Å². The topological polar surface area (TPSA) is 98.0 Å². The molecule has 0 saturated carbocycles. The first-order valence-electron chi connectivity index (χ1n) is 10.7. The van der Waals surface area contributed by atoms with E-state index in [0.717, 1.165) is 12.8 Å². The zero-order valence-corrected chi connectivity index (χ0v) is 18.3. The molecule has 0 N–H and O–H groups in total. The van der Waals surface area contributed by atoms with Gasteiger partial charge in [0, 0.05) is 57.8 Å². The second-order valence-corrected chi connectivity index (χ2v) is 8.20. The molecule has 2 aliphatic rings. The van der Waals surface area contributed by atoms with Gasteiger partial charge in [-0.25, -0.2) is 4.39 Å². The predicted molar refractivity (Wildman–Crippen MR) is 111 cm³/mol. The summed E-state index contributed by atoms with van der Waals surface area (Å²) in [6.07, 6.45) is 2.01. The van der Waals surface area contributed by atoms with Crippen LogP contribution in [0.4, 0.5) is 4.39 Å². The van der Waals surface area contributed by atoms with Crippen molar-refractivity contribution in [1.29, 1.82) is 0 Å². The Hall–Kier alpha value is -3.01. The van der Waals surface area contributed by atoms with Crippen LogP contribution in [0.25, 0.3) is 0 Å². The van der Waals surface area contributed by atoms with Crippen LogP contribution >= 0.6 is 0 Å². The number of rotatable bonds is 7. The van der Waals surface area contributed by atoms with E-state index in [9.17, 15) is 14.0 Å². The van der Waals surface area contributed by atoms with Crippen molar-refractivity contribution in [2.24, 2.45) is 5.92 Å². The van der Waals surface area contributed by atoms with Gasteiger partial charge in [0.05, 0.1) is 13.0 Å². The van der Waals surface area contributed by atoms with Crippen LogP contribution in [-0.4, -0.2) is 78.8 Å². The third-order valence-electron chi connectivity index (χ3n) is 6.02. The van der Waals surface area contributed by atoms with Gasteiger partial charge in [0.1, 0.15) is 0 Å². The second kappa shape index (κ2) is 9.64. The van der Waals surface area contributed by atoms with E-state index < -0.39 is 5.82 Å². The predicted octanol–water partition coefficient (Wildman–Crippen LogP) is 1.88. The molecule has 0 radical (unpaired) electrons. The molecular formula is C22H27FN4O5. The number of halogens is 1. The lowest BCUT2D eigenvalue weighted by Gasteiger charge is -2.37. The van der Waals surface area contributed by atoms with Crippen molar-refractivity contribution in [2.75, 3.05) is 47.0 Å². The van der Waals surface area contributed by atoms with Crippen molar-refractivity contribution in [3.05, 3.63) is 41.3 Å². The third-order valence-corrected chi connectivity index (χ3v) is 6.02. The van der Waals surface area contributed by atoms with E-state index in [1.807, 2.05) is 0 Å². The molecule has 0 unspecified atom stereocenters. The van der Waals surface area contributed by atoms with E-state index in [1.165, 1.54) is 19.2 Å². The van der Waals surface area contributed by atoms with E-state index in [-0.39, 0.29) is 35.0 Å². The normalized spacial score (nSPS) is 17.2. The molecule has 0 aliphatic carbocycles. The molecular weight excluding hydrogens is 419 g/mol. The number of ether oxygens (including phenoxy) is 2. The van der Waals surface area contributed by atoms with E-state index in [1.54, 1.807) is 22.9 Å². The Balaban J connectivity index is 1.25. The molecule has 10 heteroatoms. The number of nitrogens with zero attached hydrogens (tertiary/aromatic N) is 4. The van der Waals surface area contributed by atoms with Crippen LogP contribution in [-0.2, 0) is 16.0 Å². The fraction of sp³-hybridized carbons (Fsp3) is 0.545. The fourth-order valence-electron chi connectivity index (χ4n) is 3.95. The molecule has 4 rings (SSSR count). The number of likely N-dealkylation sites (tertiary alicyclic amines) is 1. The number of likely N-dealkylation sites (N-methyl/N-ethyl adjacent to an activating group) is 1. The molecule has 1 aromatic heterocycles. The van der Waals surface area contributed by atoms with Gasteiger partial charge in [0.15, 0.2) is 17.4 Å². The summed E-state index contributed by atoms with van der Waals surface area (Å²) in [5.74, 6) is 0.379. The fourth-order valence-corrected chi connectivity index (χ4v) is 3.95. The maximum absolute atomic E-state index is 13.9. The summed E-state index contributed by atoms with van der Waals surface area (Å²) in [5.41, 5.74) is 0.269. The van der Waals surface area contributed by atoms with E-state index in [0.29, 0.717) is 51.0 Å². The van der Waals surface area contributed by atoms with Gasteiger partial charge in [0.25, 0.3) is 5.91 Å². The smallest absolute Gasteiger partial charge is 0.254 e. The quantitative estimate of drug-likeness (QED) is 0.641. The van der Waals surface area contributed by atoms with Crippen molar-refractivity contribution in [2.45, 2.75) is 25.2 Å². The summed E-state index contributed by atoms with van der Waals surface area (Å²) >= 11 is 0. The van der Waals surface area contributed by atoms with E-state index in [4.69, 9.17) is 14.0 Å². The van der Waals surface area contributed by atoms with Gasteiger partial charge in [-0.2, -0.15) is 4.98 Å². The Bertz CT molecular complexity index is 969. The van der Waals surface area contributed by atoms with E-state index >= 15 is 0 Å². The summed E-state index contributed by atoms with van der Waals surface area (Å²) in [4.78, 5) is 32.8. The van der Waals surface area contributed by atoms with Gasteiger partial charge in [-0.3, -0.25) is 9.59 Å². The largest absolute Gasteiger partial charge is 0.494 e. The summed E-state index contributed by atoms with van der Waals surface area (Å²) in [7, 11) is 3.16. The number of aromatic nitrogens is 2. The average Bonchev–Trinajstić information content (AvgIpc) is 3.24. The Kier molecular flexibility index (Phi) is 6.69. The molecule has 2 amide bonds. The van der Waals surface area contributed by atoms with Crippen LogP contribution in [0.5, 0.6) is 5.75 Å². The third kappa shape index (κ3) is 4.74. The standard InChI is InChI=1S/C22H27FN4O5/c1-26(21(28)14-6-9-31-10-7-14)8-5-19-24-20(32-25-19)16-12-27(13-16)22(29)15-3-4-18(30-2)17(23)11-15/h3-4,11,14,16H,5-10,12-13H2,1-2H3. The second-order valence-electron chi connectivity index (χ2n) is 8.20. The van der Waals surface area contributed by atoms with Gasteiger partial charge < -0.3 is 23.8 Å². The Morgan fingerprint density at radius 2 is 2.03 bits per heavy atom. The zero-order valence-electron chi connectivity index (χ0n) is 18.3. The van der Waals surface area contributed by atoms with Crippen LogP contribution in [0.1, 0.15) is 40.8 Å². The van der Waals surface area contributed by atoms with Crippen molar-refractivity contribution in [3.8, 4) is 5.75 Å². The van der Waals surface area contributed by atoms with Crippen LogP contribution in [0.15, 0.2) is 22.7 Å². The first-order valence-corrected chi connectivity index (χ1v) is 10.7. The van der Waals surface area contributed by atoms with Crippen LogP contribution in [0.3, 0.4) is 0 Å². The van der Waals surface area contributed by atoms with Crippen LogP contribution < -0.4 is 4.74 Å². The van der Waals surface area contributed by atoms with Crippen molar-refractivity contribution >= 4 is 11.8 Å². The minimum atomic E-state index is -0.572. The van der Waals surface area contributed by atoms with Crippen molar-refractivity contribution in [1.82, 2.24) is 19.9 Å². The molecule has 2 saturated heterocycles. The SMILES string of the molecule is COc1ccc(C(=O)N2CC(c3nc(CCN(C)C(=O)C4CCOCC4)no3)C2)cc1F. The highest BCUT2D eigenvalue weighted by molar-refractivity contribution is 5.95. The van der Waals surface area contributed by atoms with Crippen molar-refractivity contribution in [3.63, 3.8) is 0 Å². The number of hydrogen-bond donors (Lipinski definition) is 0. The van der Waals surface area contributed by atoms with Crippen LogP contribution in [0.2, 0.25) is 0 Å². The lowest BCUT2D eigenvalue weighted by molar-refractivity contribution is -0.137. The average molecular weight is 446 g/mol. The summed E-state index contributed by atoms with van der Waals surface area (Å²) in [6.45, 7) is 2.62. The minimum Gasteiger partial charge on any atom is -0.494 e. The number of hydrogen-bond acceptors (Lipinski definition) is 7. The molecule has 3 heterocycles. The number of amides is 2. The molecule has 2 aromatic rings. The molecule has 0 bridgehead atoms. The lowest BCUT2D eigenvalue weighted by Crippen LogP contribution is -2.48. The van der Waals surface area contributed by atoms with Gasteiger partial charge >= 0.3 is 0 Å². The molecule has 0 atom stereocenters. The summed E-state index contributed by atoms with van der Waals surface area (Å²) in [6, 6.07) is 4.16. The van der Waals surface area contributed by atoms with Gasteiger partial charge in [0.2, 0.25) is 11.8 Å². The maximum Gasteiger partial charge on any atom is 0.254 e. The minimum absolute atomic E-state index is 0.0206. The van der Waals surface area contributed by atoms with Gasteiger partial charge in [-0.05, 0) is 31.0 Å². The molecule has 2 aliphatic heterocycles. The molecule has 9 nitrogen and oxygen atoms in total. The van der Waals surface area contributed by atoms with Crippen molar-refractivity contribution < 1.29 is 28.0 Å². The Labute approximate surface area is 185 Å². The highest BCUT2D eigenvalue weighted by atomic mass is 19.1. The summed E-state index contributed by atoms with van der Waals surface area (Å²) < 4.78 is 29.4. The number of benzene rings is 1. The monoisotopic (exact) mass is 446 g/mol. The molecule has 1 aromatic carbocycles. The first kappa shape index (κ1) is 22.2. The number of carbonyl (C=O) groups is 2. The van der Waals surface area contributed by atoms with Gasteiger partial charge in [-0.1, -0.05) is 5.16 Å².